The number of nitrogens with zero attached hydrogens (tertiary/aromatic N) is 4. The third-order valence-electron chi connectivity index (χ3n) is 14.9. The van der Waals surface area contributed by atoms with E-state index in [1.54, 1.807) is 0 Å². The Morgan fingerprint density at radius 1 is 0.275 bits per heavy atom. The molecule has 5 heteroatoms. The topological polar surface area (TPSA) is 28.4 Å². The molecule has 320 valence electrons. The van der Waals surface area contributed by atoms with E-state index in [2.05, 4.69) is 243 Å². The van der Waals surface area contributed by atoms with Gasteiger partial charge in [-0.1, -0.05) is 133 Å². The third kappa shape index (κ3) is 4.97. The lowest BCUT2D eigenvalue weighted by Crippen LogP contribution is -2.13. The maximum Gasteiger partial charge on any atom is 0.137 e. The van der Waals surface area contributed by atoms with E-state index in [-0.39, 0.29) is 0 Å². The summed E-state index contributed by atoms with van der Waals surface area (Å²) >= 11 is 0. The van der Waals surface area contributed by atoms with Gasteiger partial charge in [-0.2, -0.15) is 0 Å². The van der Waals surface area contributed by atoms with Crippen molar-refractivity contribution in [3.63, 3.8) is 0 Å². The quantitative estimate of drug-likeness (QED) is 0.167. The normalized spacial score (nSPS) is 12.3. The van der Waals surface area contributed by atoms with Crippen LogP contribution in [0.5, 0.6) is 0 Å². The lowest BCUT2D eigenvalue weighted by molar-refractivity contribution is 0.669. The molecule has 0 amide bonds. The molecule has 0 unspecified atom stereocenters. The van der Waals surface area contributed by atoms with E-state index in [0.717, 1.165) is 56.1 Å². The number of hydrogen-bond acceptors (Lipinski definition) is 3. The van der Waals surface area contributed by atoms with Gasteiger partial charge < -0.3 is 23.0 Å². The molecule has 69 heavy (non-hydrogen) atoms. The molecule has 11 aromatic carbocycles. The highest BCUT2D eigenvalue weighted by atomic mass is 16.3. The van der Waals surface area contributed by atoms with Crippen LogP contribution in [0.3, 0.4) is 0 Å². The second-order valence-electron chi connectivity index (χ2n) is 18.5. The minimum Gasteiger partial charge on any atom is -0.456 e. The number of hydrogen-bond donors (Lipinski definition) is 0. The van der Waals surface area contributed by atoms with Gasteiger partial charge in [0.05, 0.1) is 49.9 Å². The predicted molar refractivity (Wildman–Crippen MR) is 290 cm³/mol. The van der Waals surface area contributed by atoms with Crippen LogP contribution >= 0.6 is 0 Å². The Bertz CT molecular complexity index is 4390. The van der Waals surface area contributed by atoms with Gasteiger partial charge in [0, 0.05) is 76.6 Å². The second-order valence-corrected chi connectivity index (χ2v) is 18.5. The lowest BCUT2D eigenvalue weighted by atomic mass is 10.0. The maximum absolute atomic E-state index is 6.51. The maximum atomic E-state index is 6.51. The zero-order valence-corrected chi connectivity index (χ0v) is 37.1. The van der Waals surface area contributed by atoms with Crippen LogP contribution in [-0.4, -0.2) is 8.80 Å². The summed E-state index contributed by atoms with van der Waals surface area (Å²) in [6.07, 6.45) is 0. The molecule has 0 saturated carbocycles. The SMILES string of the molecule is c1ccc2c(N(c3ccc(N(c4cc5c6ccccc6n6c7ccccc7c(c4)c56)c4cc5c6ccccc6n6c7ccccc7c(c4)c56)cc3)c3cccc4oc5ccccc5c34)cccc2c1. The van der Waals surface area contributed by atoms with Crippen molar-refractivity contribution in [2.24, 2.45) is 0 Å². The Balaban J connectivity index is 0.979. The summed E-state index contributed by atoms with van der Waals surface area (Å²) in [6, 6.07) is 84.4. The number of para-hydroxylation sites is 5. The first-order valence-corrected chi connectivity index (χ1v) is 23.7. The summed E-state index contributed by atoms with van der Waals surface area (Å²) in [7, 11) is 0. The Kier molecular flexibility index (Phi) is 7.28. The average molecular weight is 879 g/mol. The van der Waals surface area contributed by atoms with E-state index in [4.69, 9.17) is 4.42 Å². The van der Waals surface area contributed by atoms with E-state index in [9.17, 15) is 0 Å². The molecule has 0 aliphatic carbocycles. The standard InChI is InChI=1S/C64H38N4O/c1-2-17-44-39(15-1)16-13-27-54(44)66(59-28-14-30-61-62(59)49-22-7-12-29-60(49)69-61)41-33-31-40(32-34-41)65(42-35-50-45-18-3-8-23-55(45)67-56-24-9-4-19-46(56)51(36-42)63(50)67)43-37-52-47-20-5-10-25-57(47)68-58-26-11-6-21-48(58)53(38-43)64(52)68/h1-38H. The molecule has 16 aromatic rings. The van der Waals surface area contributed by atoms with Crippen molar-refractivity contribution in [1.82, 2.24) is 8.80 Å². The smallest absolute Gasteiger partial charge is 0.137 e. The zero-order chi connectivity index (χ0) is 44.9. The molecule has 5 heterocycles. The third-order valence-corrected chi connectivity index (χ3v) is 14.9. The van der Waals surface area contributed by atoms with Crippen LogP contribution in [0.1, 0.15) is 0 Å². The van der Waals surface area contributed by atoms with Crippen molar-refractivity contribution < 1.29 is 4.42 Å². The fourth-order valence-electron chi connectivity index (χ4n) is 12.1. The Hall–Kier alpha value is -9.32. The van der Waals surface area contributed by atoms with Crippen LogP contribution < -0.4 is 9.80 Å². The number of rotatable bonds is 6. The minimum absolute atomic E-state index is 0.861. The molecule has 0 N–H and O–H groups in total. The highest BCUT2D eigenvalue weighted by Crippen LogP contribution is 2.50. The number of furan rings is 1. The van der Waals surface area contributed by atoms with Crippen molar-refractivity contribution in [3.8, 4) is 0 Å². The summed E-state index contributed by atoms with van der Waals surface area (Å²) in [5.74, 6) is 0. The Morgan fingerprint density at radius 2 is 0.667 bits per heavy atom. The molecule has 16 rings (SSSR count). The molecule has 0 spiro atoms. The molecule has 0 saturated heterocycles. The van der Waals surface area contributed by atoms with Gasteiger partial charge in [-0.15, -0.1) is 0 Å². The summed E-state index contributed by atoms with van der Waals surface area (Å²) in [6.45, 7) is 0. The van der Waals surface area contributed by atoms with Gasteiger partial charge in [-0.3, -0.25) is 0 Å². The first-order valence-electron chi connectivity index (χ1n) is 23.7. The van der Waals surface area contributed by atoms with Gasteiger partial charge >= 0.3 is 0 Å². The molecule has 0 aliphatic rings. The van der Waals surface area contributed by atoms with Crippen LogP contribution in [0.15, 0.2) is 235 Å². The van der Waals surface area contributed by atoms with E-state index < -0.39 is 0 Å². The molecular weight excluding hydrogens is 841 g/mol. The first-order chi connectivity index (χ1) is 34.2. The van der Waals surface area contributed by atoms with E-state index in [1.807, 2.05) is 6.07 Å². The van der Waals surface area contributed by atoms with Crippen LogP contribution in [-0.2, 0) is 0 Å². The van der Waals surface area contributed by atoms with Crippen LogP contribution in [0.2, 0.25) is 0 Å². The zero-order valence-electron chi connectivity index (χ0n) is 37.1. The van der Waals surface area contributed by atoms with Gasteiger partial charge in [0.2, 0.25) is 0 Å². The number of fused-ring (bicyclic) bond motifs is 16. The monoisotopic (exact) mass is 878 g/mol. The van der Waals surface area contributed by atoms with Gasteiger partial charge in [0.25, 0.3) is 0 Å². The second kappa shape index (κ2) is 13.6. The van der Waals surface area contributed by atoms with Gasteiger partial charge in [0.15, 0.2) is 0 Å². The Morgan fingerprint density at radius 3 is 1.20 bits per heavy atom. The summed E-state index contributed by atoms with van der Waals surface area (Å²) < 4.78 is 11.4. The molecule has 0 radical (unpaired) electrons. The summed E-state index contributed by atoms with van der Waals surface area (Å²) in [4.78, 5) is 4.90. The minimum atomic E-state index is 0.861. The van der Waals surface area contributed by atoms with Crippen molar-refractivity contribution in [2.45, 2.75) is 0 Å². The molecule has 0 atom stereocenters. The van der Waals surface area contributed by atoms with E-state index in [0.29, 0.717) is 0 Å². The fraction of sp³-hybridized carbons (Fsp3) is 0. The van der Waals surface area contributed by atoms with Crippen LogP contribution in [0.25, 0.3) is 109 Å². The predicted octanol–water partition coefficient (Wildman–Crippen LogP) is 18.0. The van der Waals surface area contributed by atoms with Crippen molar-refractivity contribution in [3.05, 3.63) is 231 Å². The van der Waals surface area contributed by atoms with Crippen LogP contribution in [0, 0.1) is 0 Å². The van der Waals surface area contributed by atoms with Crippen molar-refractivity contribution in [2.75, 3.05) is 9.80 Å². The largest absolute Gasteiger partial charge is 0.456 e. The fourth-order valence-corrected chi connectivity index (χ4v) is 12.1. The van der Waals surface area contributed by atoms with E-state index >= 15 is 0 Å². The molecule has 5 nitrogen and oxygen atoms in total. The summed E-state index contributed by atoms with van der Waals surface area (Å²) in [5.41, 5.74) is 15.6. The molecular formula is C64H38N4O. The van der Waals surface area contributed by atoms with Gasteiger partial charge in [0.1, 0.15) is 11.2 Å². The van der Waals surface area contributed by atoms with Crippen LogP contribution in [0.4, 0.5) is 34.1 Å². The molecule has 0 fully saturated rings. The number of anilines is 6. The first kappa shape index (κ1) is 36.8. The average Bonchev–Trinajstić information content (AvgIpc) is 4.21. The Labute approximate surface area is 394 Å². The van der Waals surface area contributed by atoms with E-state index in [1.165, 1.54) is 87.0 Å². The van der Waals surface area contributed by atoms with Crippen molar-refractivity contribution in [1.29, 1.82) is 0 Å². The highest BCUT2D eigenvalue weighted by Gasteiger charge is 2.26. The lowest BCUT2D eigenvalue weighted by Gasteiger charge is -2.29. The van der Waals surface area contributed by atoms with Gasteiger partial charge in [-0.05, 0) is 102 Å². The number of benzene rings is 11. The molecule has 0 aliphatic heterocycles. The molecule has 5 aromatic heterocycles. The number of aromatic nitrogens is 2. The highest BCUT2D eigenvalue weighted by molar-refractivity contribution is 6.27. The van der Waals surface area contributed by atoms with Crippen molar-refractivity contribution >= 4 is 143 Å². The summed E-state index contributed by atoms with van der Waals surface area (Å²) in [5, 5.41) is 14.5. The molecule has 0 bridgehead atoms. The van der Waals surface area contributed by atoms with Gasteiger partial charge in [-0.25, -0.2) is 0 Å².